The molecule has 8 heteroatoms. The van der Waals surface area contributed by atoms with E-state index in [1.54, 1.807) is 36.4 Å². The summed E-state index contributed by atoms with van der Waals surface area (Å²) in [5.41, 5.74) is 4.37. The Hall–Kier alpha value is -6.02. The molecule has 0 amide bonds. The highest BCUT2D eigenvalue weighted by molar-refractivity contribution is 6.29. The van der Waals surface area contributed by atoms with Crippen LogP contribution in [-0.4, -0.2) is 21.4 Å². The number of carbonyl (C=O) groups is 2. The lowest BCUT2D eigenvalue weighted by molar-refractivity contribution is -0.421. The molecular weight excluding hydrogens is 532 g/mol. The first-order chi connectivity index (χ1) is 20.3. The Morgan fingerprint density at radius 3 is 1.64 bits per heavy atom. The molecule has 2 aliphatic carbocycles. The van der Waals surface area contributed by atoms with Gasteiger partial charge in [0.15, 0.2) is 11.6 Å². The number of carbonyl (C=O) groups excluding carboxylic acids is 2. The second-order valence-electron chi connectivity index (χ2n) is 10.4. The molecule has 0 radical (unpaired) electrons. The fraction of sp³-hybridized carbons (Fsp3) is 0. The minimum Gasteiger partial charge on any atom is -0.289 e. The van der Waals surface area contributed by atoms with Crippen LogP contribution in [0.4, 0.5) is 11.4 Å². The molecule has 0 fully saturated rings. The van der Waals surface area contributed by atoms with Crippen LogP contribution in [-0.2, 0) is 0 Å². The molecular formula is C34H16N2O6. The Bertz CT molecular complexity index is 2300. The van der Waals surface area contributed by atoms with Gasteiger partial charge in [0.1, 0.15) is 0 Å². The summed E-state index contributed by atoms with van der Waals surface area (Å²) in [4.78, 5) is 49.6. The number of nitro benzene ring substituents is 2. The van der Waals surface area contributed by atoms with Gasteiger partial charge in [0.25, 0.3) is 0 Å². The highest BCUT2D eigenvalue weighted by Crippen LogP contribution is 2.49. The molecule has 6 aromatic rings. The van der Waals surface area contributed by atoms with E-state index in [4.69, 9.17) is 0 Å². The maximum atomic E-state index is 13.5. The van der Waals surface area contributed by atoms with Crippen molar-refractivity contribution in [1.29, 1.82) is 0 Å². The van der Waals surface area contributed by atoms with Crippen molar-refractivity contribution in [3.8, 4) is 33.4 Å². The fourth-order valence-corrected chi connectivity index (χ4v) is 6.54. The van der Waals surface area contributed by atoms with E-state index in [9.17, 15) is 29.8 Å². The minimum absolute atomic E-state index is 0.0256. The topological polar surface area (TPSA) is 120 Å². The second-order valence-corrected chi connectivity index (χ2v) is 10.4. The van der Waals surface area contributed by atoms with Gasteiger partial charge < -0.3 is 0 Å². The highest BCUT2D eigenvalue weighted by Gasteiger charge is 2.36. The lowest BCUT2D eigenvalue weighted by Gasteiger charge is -2.23. The van der Waals surface area contributed by atoms with Crippen LogP contribution in [0.1, 0.15) is 31.8 Å². The zero-order chi connectivity index (χ0) is 28.9. The van der Waals surface area contributed by atoms with Crippen molar-refractivity contribution in [2.24, 2.45) is 0 Å². The molecule has 0 N–H and O–H groups in total. The van der Waals surface area contributed by atoms with E-state index in [1.807, 2.05) is 54.6 Å². The molecule has 0 bridgehead atoms. The van der Waals surface area contributed by atoms with Crippen molar-refractivity contribution in [3.63, 3.8) is 0 Å². The Morgan fingerprint density at radius 1 is 0.476 bits per heavy atom. The Morgan fingerprint density at radius 2 is 1.02 bits per heavy atom. The number of hydrogen-bond donors (Lipinski definition) is 0. The molecule has 2 aliphatic rings. The molecule has 6 aromatic carbocycles. The summed E-state index contributed by atoms with van der Waals surface area (Å²) in [5, 5.41) is 26.3. The summed E-state index contributed by atoms with van der Waals surface area (Å²) >= 11 is 0. The molecule has 0 saturated heterocycles. The van der Waals surface area contributed by atoms with Crippen LogP contribution < -0.4 is 0 Å². The fourth-order valence-electron chi connectivity index (χ4n) is 6.54. The van der Waals surface area contributed by atoms with Crippen LogP contribution in [0.5, 0.6) is 0 Å². The van der Waals surface area contributed by atoms with Gasteiger partial charge in [0.2, 0.25) is 0 Å². The van der Waals surface area contributed by atoms with Gasteiger partial charge in [-0.15, -0.1) is 0 Å². The van der Waals surface area contributed by atoms with Crippen LogP contribution in [0, 0.1) is 20.2 Å². The van der Waals surface area contributed by atoms with Crippen molar-refractivity contribution < 1.29 is 19.4 Å². The molecule has 0 aliphatic heterocycles. The number of ketones is 2. The van der Waals surface area contributed by atoms with Crippen LogP contribution >= 0.6 is 0 Å². The number of hydrogen-bond acceptors (Lipinski definition) is 6. The van der Waals surface area contributed by atoms with Gasteiger partial charge in [-0.2, -0.15) is 0 Å². The quantitative estimate of drug-likeness (QED) is 0.163. The zero-order valence-corrected chi connectivity index (χ0v) is 21.6. The Kier molecular flexibility index (Phi) is 4.68. The van der Waals surface area contributed by atoms with E-state index >= 15 is 0 Å². The predicted octanol–water partition coefficient (Wildman–Crippen LogP) is 7.90. The van der Waals surface area contributed by atoms with E-state index in [-0.39, 0.29) is 16.7 Å². The number of nitro groups is 2. The van der Waals surface area contributed by atoms with Gasteiger partial charge in [-0.1, -0.05) is 66.7 Å². The monoisotopic (exact) mass is 548 g/mol. The normalized spacial score (nSPS) is 12.8. The summed E-state index contributed by atoms with van der Waals surface area (Å²) in [6, 6.07) is 28.2. The van der Waals surface area contributed by atoms with Crippen molar-refractivity contribution in [1.82, 2.24) is 0 Å². The maximum absolute atomic E-state index is 13.5. The number of fused-ring (bicyclic) bond motifs is 4. The number of nitrogens with zero attached hydrogens (tertiary/aromatic N) is 2. The van der Waals surface area contributed by atoms with Gasteiger partial charge in [-0.3, -0.25) is 29.8 Å². The lowest BCUT2D eigenvalue weighted by Crippen LogP contribution is -2.12. The van der Waals surface area contributed by atoms with Gasteiger partial charge in [-0.05, 0) is 63.0 Å². The zero-order valence-electron chi connectivity index (χ0n) is 21.6. The third kappa shape index (κ3) is 3.06. The predicted molar refractivity (Wildman–Crippen MR) is 158 cm³/mol. The van der Waals surface area contributed by atoms with Crippen LogP contribution in [0.25, 0.3) is 54.9 Å². The largest absolute Gasteiger partial charge is 0.353 e. The standard InChI is InChI=1S/C34H16N2O6/c37-33-22-9-3-1-7-20(22)25-13-18(12-17-6-5-11-24(33)30(17)25)19-14-26-21-8-2-4-10-23(21)34(38)28-16-29(35(39)40)32(36(41)42)27(15-19)31(26)28/h1-16H. The SMILES string of the molecule is O=C1c2ccccc2-c2cc(-c3cc4c5c(cc([N+](=O)[O-])c([N+](=O)[O-])c5c3)C(=O)c3ccccc3-4)cc3cccc1c23. The Balaban J connectivity index is 1.52. The first-order valence-corrected chi connectivity index (χ1v) is 13.1. The van der Waals surface area contributed by atoms with Gasteiger partial charge in [0.05, 0.1) is 15.2 Å². The average Bonchev–Trinajstić information content (AvgIpc) is 3.01. The highest BCUT2D eigenvalue weighted by atomic mass is 16.6. The van der Waals surface area contributed by atoms with Gasteiger partial charge >= 0.3 is 11.4 Å². The summed E-state index contributed by atoms with van der Waals surface area (Å²) in [6.07, 6.45) is 0. The van der Waals surface area contributed by atoms with E-state index in [2.05, 4.69) is 0 Å². The number of rotatable bonds is 3. The molecule has 0 spiro atoms. The third-order valence-electron chi connectivity index (χ3n) is 8.29. The maximum Gasteiger partial charge on any atom is 0.353 e. The molecule has 0 saturated carbocycles. The van der Waals surface area contributed by atoms with Crippen molar-refractivity contribution in [3.05, 3.63) is 140 Å². The molecule has 198 valence electrons. The van der Waals surface area contributed by atoms with Crippen LogP contribution in [0.15, 0.2) is 97.1 Å². The van der Waals surface area contributed by atoms with Crippen LogP contribution in [0.2, 0.25) is 0 Å². The molecule has 42 heavy (non-hydrogen) atoms. The summed E-state index contributed by atoms with van der Waals surface area (Å²) in [6.45, 7) is 0. The van der Waals surface area contributed by atoms with E-state index in [0.717, 1.165) is 28.0 Å². The second kappa shape index (κ2) is 8.25. The van der Waals surface area contributed by atoms with Gasteiger partial charge in [-0.25, -0.2) is 0 Å². The number of benzene rings is 6. The first-order valence-electron chi connectivity index (χ1n) is 13.1. The average molecular weight is 549 g/mol. The Labute approximate surface area is 236 Å². The van der Waals surface area contributed by atoms with E-state index in [1.165, 1.54) is 0 Å². The van der Waals surface area contributed by atoms with E-state index in [0.29, 0.717) is 44.3 Å². The van der Waals surface area contributed by atoms with Crippen molar-refractivity contribution in [2.75, 3.05) is 0 Å². The van der Waals surface area contributed by atoms with E-state index < -0.39 is 27.0 Å². The smallest absolute Gasteiger partial charge is 0.289 e. The minimum atomic E-state index is -0.816. The summed E-state index contributed by atoms with van der Waals surface area (Å²) in [7, 11) is 0. The van der Waals surface area contributed by atoms with Gasteiger partial charge in [0, 0.05) is 39.1 Å². The summed E-state index contributed by atoms with van der Waals surface area (Å²) < 4.78 is 0. The summed E-state index contributed by atoms with van der Waals surface area (Å²) in [5.74, 6) is -0.471. The van der Waals surface area contributed by atoms with Crippen molar-refractivity contribution >= 4 is 44.5 Å². The molecule has 8 rings (SSSR count). The molecule has 0 atom stereocenters. The molecule has 0 heterocycles. The molecule has 8 nitrogen and oxygen atoms in total. The van der Waals surface area contributed by atoms with Crippen LogP contribution in [0.3, 0.4) is 0 Å². The molecule has 0 unspecified atom stereocenters. The third-order valence-corrected chi connectivity index (χ3v) is 8.29. The van der Waals surface area contributed by atoms with Crippen molar-refractivity contribution in [2.45, 2.75) is 0 Å². The lowest BCUT2D eigenvalue weighted by atomic mass is 9.79. The molecule has 0 aromatic heterocycles. The first kappa shape index (κ1) is 23.8.